The average Bonchev–Trinajstić information content (AvgIpc) is 2.72. The van der Waals surface area contributed by atoms with Crippen LogP contribution in [0.3, 0.4) is 0 Å². The molecule has 0 aliphatic carbocycles. The highest BCUT2D eigenvalue weighted by atomic mass is 14.6. The van der Waals surface area contributed by atoms with Crippen LogP contribution in [-0.4, -0.2) is 4.98 Å². The molecule has 0 unspecified atom stereocenters. The molecule has 0 bridgehead atoms. The van der Waals surface area contributed by atoms with Gasteiger partial charge in [-0.3, -0.25) is 4.98 Å². The number of nitrogens with zero attached hydrogens (tertiary/aromatic N) is 1. The van der Waals surface area contributed by atoms with Gasteiger partial charge < -0.3 is 0 Å². The van der Waals surface area contributed by atoms with Gasteiger partial charge in [0.05, 0.1) is 0 Å². The first-order chi connectivity index (χ1) is 13.9. The molecule has 0 N–H and O–H groups in total. The van der Waals surface area contributed by atoms with E-state index in [4.69, 9.17) is 0 Å². The van der Waals surface area contributed by atoms with E-state index in [2.05, 4.69) is 31.1 Å². The number of rotatable bonds is 20. The largest absolute Gasteiger partial charge is 0.264 e. The van der Waals surface area contributed by atoms with Crippen LogP contribution in [0.4, 0.5) is 0 Å². The molecule has 0 spiro atoms. The number of aryl methyl sites for hydroxylation is 2. The molecule has 0 fully saturated rings. The van der Waals surface area contributed by atoms with E-state index in [0.717, 1.165) is 0 Å². The first-order valence-corrected chi connectivity index (χ1v) is 12.8. The molecule has 1 aromatic heterocycles. The summed E-state index contributed by atoms with van der Waals surface area (Å²) in [7, 11) is 0. The molecule has 0 saturated carbocycles. The van der Waals surface area contributed by atoms with Gasteiger partial charge in [-0.15, -0.1) is 0 Å². The lowest BCUT2D eigenvalue weighted by Crippen LogP contribution is -1.96. The highest BCUT2D eigenvalue weighted by Gasteiger charge is 2.03. The molecule has 162 valence electrons. The molecule has 0 radical (unpaired) electrons. The van der Waals surface area contributed by atoms with Crippen LogP contribution in [0.2, 0.25) is 0 Å². The fraction of sp³-hybridized carbons (Fsp3) is 0.815. The lowest BCUT2D eigenvalue weighted by molar-refractivity contribution is 0.561. The van der Waals surface area contributed by atoms with E-state index in [-0.39, 0.29) is 0 Å². The molecule has 0 aromatic carbocycles. The minimum absolute atomic E-state index is 1.23. The summed E-state index contributed by atoms with van der Waals surface area (Å²) in [6.45, 7) is 4.59. The molecule has 1 heterocycles. The number of unbranched alkanes of at least 4 members (excludes halogenated alkanes) is 16. The Kier molecular flexibility index (Phi) is 17.5. The number of hydrogen-bond acceptors (Lipinski definition) is 1. The Bertz CT molecular complexity index is 399. The van der Waals surface area contributed by atoms with Gasteiger partial charge >= 0.3 is 0 Å². The van der Waals surface area contributed by atoms with Gasteiger partial charge in [-0.25, -0.2) is 0 Å². The van der Waals surface area contributed by atoms with Crippen LogP contribution in [0.1, 0.15) is 141 Å². The first kappa shape index (κ1) is 25.2. The third kappa shape index (κ3) is 14.2. The Morgan fingerprint density at radius 1 is 0.500 bits per heavy atom. The van der Waals surface area contributed by atoms with Crippen molar-refractivity contribution in [1.82, 2.24) is 4.98 Å². The predicted molar refractivity (Wildman–Crippen MR) is 126 cm³/mol. The van der Waals surface area contributed by atoms with E-state index in [1.54, 1.807) is 5.56 Å². The molecule has 28 heavy (non-hydrogen) atoms. The molecule has 0 saturated heterocycles. The monoisotopic (exact) mass is 387 g/mol. The normalized spacial score (nSPS) is 11.2. The van der Waals surface area contributed by atoms with Gasteiger partial charge in [0.15, 0.2) is 0 Å². The van der Waals surface area contributed by atoms with Crippen molar-refractivity contribution in [2.24, 2.45) is 0 Å². The van der Waals surface area contributed by atoms with Gasteiger partial charge in [-0.05, 0) is 42.9 Å². The van der Waals surface area contributed by atoms with Gasteiger partial charge in [-0.1, -0.05) is 117 Å². The molecule has 1 heteroatoms. The zero-order valence-corrected chi connectivity index (χ0v) is 19.3. The van der Waals surface area contributed by atoms with Gasteiger partial charge in [0.25, 0.3) is 0 Å². The van der Waals surface area contributed by atoms with E-state index in [0.29, 0.717) is 0 Å². The first-order valence-electron chi connectivity index (χ1n) is 12.8. The van der Waals surface area contributed by atoms with Crippen LogP contribution in [-0.2, 0) is 12.8 Å². The summed E-state index contributed by atoms with van der Waals surface area (Å²) in [5.74, 6) is 0. The summed E-state index contributed by atoms with van der Waals surface area (Å²) in [6, 6.07) is 2.27. The molecule has 0 atom stereocenters. The average molecular weight is 388 g/mol. The summed E-state index contributed by atoms with van der Waals surface area (Å²) < 4.78 is 0. The van der Waals surface area contributed by atoms with Crippen LogP contribution < -0.4 is 0 Å². The predicted octanol–water partition coefficient (Wildman–Crippen LogP) is 9.23. The lowest BCUT2D eigenvalue weighted by Gasteiger charge is -2.09. The van der Waals surface area contributed by atoms with Gasteiger partial charge in [0.1, 0.15) is 0 Å². The van der Waals surface area contributed by atoms with Gasteiger partial charge in [-0.2, -0.15) is 0 Å². The molecule has 1 aromatic rings. The lowest BCUT2D eigenvalue weighted by atomic mass is 9.98. The van der Waals surface area contributed by atoms with Crippen molar-refractivity contribution < 1.29 is 0 Å². The Morgan fingerprint density at radius 2 is 0.893 bits per heavy atom. The minimum Gasteiger partial charge on any atom is -0.264 e. The second-order valence-electron chi connectivity index (χ2n) is 8.80. The smallest absolute Gasteiger partial charge is 0.0302 e. The summed E-state index contributed by atoms with van der Waals surface area (Å²) in [4.78, 5) is 4.40. The van der Waals surface area contributed by atoms with Crippen molar-refractivity contribution in [1.29, 1.82) is 0 Å². The number of hydrogen-bond donors (Lipinski definition) is 0. The summed E-state index contributed by atoms with van der Waals surface area (Å²) >= 11 is 0. The van der Waals surface area contributed by atoms with E-state index >= 15 is 0 Å². The Morgan fingerprint density at radius 3 is 1.36 bits per heavy atom. The summed E-state index contributed by atoms with van der Waals surface area (Å²) in [6.07, 6.45) is 32.0. The van der Waals surface area contributed by atoms with E-state index in [9.17, 15) is 0 Å². The molecular weight excluding hydrogens is 338 g/mol. The van der Waals surface area contributed by atoms with Crippen LogP contribution in [0.25, 0.3) is 0 Å². The number of pyridine rings is 1. The van der Waals surface area contributed by atoms with Gasteiger partial charge in [0.2, 0.25) is 0 Å². The van der Waals surface area contributed by atoms with Gasteiger partial charge in [0, 0.05) is 12.4 Å². The zero-order chi connectivity index (χ0) is 20.1. The van der Waals surface area contributed by atoms with Crippen LogP contribution in [0.15, 0.2) is 18.5 Å². The summed E-state index contributed by atoms with van der Waals surface area (Å²) in [5, 5.41) is 0. The molecule has 1 nitrogen and oxygen atoms in total. The highest BCUT2D eigenvalue weighted by molar-refractivity contribution is 5.23. The zero-order valence-electron chi connectivity index (χ0n) is 19.3. The van der Waals surface area contributed by atoms with Crippen LogP contribution in [0.5, 0.6) is 0 Å². The fourth-order valence-corrected chi connectivity index (χ4v) is 4.18. The SMILES string of the molecule is CCCCCCCCCCCc1ccncc1CCCCCCCCCCC. The molecule has 1 rings (SSSR count). The molecule has 0 aliphatic heterocycles. The Labute approximate surface area is 177 Å². The second kappa shape index (κ2) is 19.5. The van der Waals surface area contributed by atoms with Crippen molar-refractivity contribution in [2.45, 2.75) is 142 Å². The second-order valence-corrected chi connectivity index (χ2v) is 8.80. The van der Waals surface area contributed by atoms with Crippen molar-refractivity contribution >= 4 is 0 Å². The van der Waals surface area contributed by atoms with Crippen molar-refractivity contribution in [3.05, 3.63) is 29.6 Å². The van der Waals surface area contributed by atoms with E-state index < -0.39 is 0 Å². The van der Waals surface area contributed by atoms with E-state index in [1.165, 1.54) is 134 Å². The Hall–Kier alpha value is -0.850. The van der Waals surface area contributed by atoms with Crippen molar-refractivity contribution in [3.8, 4) is 0 Å². The van der Waals surface area contributed by atoms with Crippen molar-refractivity contribution in [3.63, 3.8) is 0 Å². The Balaban J connectivity index is 2.06. The molecule has 0 aliphatic rings. The fourth-order valence-electron chi connectivity index (χ4n) is 4.18. The molecular formula is C27H49N. The topological polar surface area (TPSA) is 12.9 Å². The molecule has 0 amide bonds. The van der Waals surface area contributed by atoms with Crippen molar-refractivity contribution in [2.75, 3.05) is 0 Å². The maximum atomic E-state index is 4.40. The van der Waals surface area contributed by atoms with Crippen LogP contribution >= 0.6 is 0 Å². The standard InChI is InChI=1S/C27H49N/c1-3-5-7-9-11-13-15-17-19-21-26-23-24-28-25-27(26)22-20-18-16-14-12-10-8-6-4-2/h23-25H,3-22H2,1-2H3. The highest BCUT2D eigenvalue weighted by Crippen LogP contribution is 2.17. The van der Waals surface area contributed by atoms with E-state index in [1.807, 2.05) is 6.20 Å². The third-order valence-corrected chi connectivity index (χ3v) is 6.10. The van der Waals surface area contributed by atoms with Crippen LogP contribution in [0, 0.1) is 0 Å². The number of aromatic nitrogens is 1. The maximum Gasteiger partial charge on any atom is 0.0302 e. The minimum atomic E-state index is 1.23. The third-order valence-electron chi connectivity index (χ3n) is 6.10. The maximum absolute atomic E-state index is 4.40. The quantitative estimate of drug-likeness (QED) is 0.203. The summed E-state index contributed by atoms with van der Waals surface area (Å²) in [5.41, 5.74) is 3.09.